The molecule has 1 atom stereocenters. The molecule has 21 heavy (non-hydrogen) atoms. The van der Waals surface area contributed by atoms with Crippen molar-refractivity contribution in [3.05, 3.63) is 35.9 Å². The molecular weight excluding hydrogens is 272 g/mol. The van der Waals surface area contributed by atoms with Crippen LogP contribution in [0.1, 0.15) is 19.4 Å². The maximum Gasteiger partial charge on any atom is 0.320 e. The van der Waals surface area contributed by atoms with Crippen molar-refractivity contribution in [1.82, 2.24) is 0 Å². The fourth-order valence-corrected chi connectivity index (χ4v) is 1.70. The van der Waals surface area contributed by atoms with Gasteiger partial charge in [0.2, 0.25) is 0 Å². The van der Waals surface area contributed by atoms with E-state index in [0.717, 1.165) is 5.56 Å². The van der Waals surface area contributed by atoms with Gasteiger partial charge in [0.05, 0.1) is 7.11 Å². The average molecular weight is 290 g/mol. The first-order chi connectivity index (χ1) is 9.99. The van der Waals surface area contributed by atoms with E-state index in [1.165, 1.54) is 13.2 Å². The van der Waals surface area contributed by atoms with Crippen LogP contribution in [0.4, 0.5) is 0 Å². The highest BCUT2D eigenvalue weighted by Crippen LogP contribution is 2.16. The SMILES string of the molecule is COC(=O)C(C=Cc1ccc(OC=O)cc1)C(=O)C(C)C. The van der Waals surface area contributed by atoms with Crippen molar-refractivity contribution in [3.8, 4) is 5.75 Å². The van der Waals surface area contributed by atoms with E-state index in [1.54, 1.807) is 44.2 Å². The van der Waals surface area contributed by atoms with Gasteiger partial charge in [-0.15, -0.1) is 0 Å². The van der Waals surface area contributed by atoms with Gasteiger partial charge >= 0.3 is 5.97 Å². The number of benzene rings is 1. The minimum Gasteiger partial charge on any atom is -0.468 e. The van der Waals surface area contributed by atoms with Gasteiger partial charge in [0.1, 0.15) is 11.7 Å². The van der Waals surface area contributed by atoms with E-state index in [0.29, 0.717) is 12.2 Å². The van der Waals surface area contributed by atoms with Crippen molar-refractivity contribution in [2.45, 2.75) is 13.8 Å². The summed E-state index contributed by atoms with van der Waals surface area (Å²) in [7, 11) is 1.25. The molecule has 0 aromatic heterocycles. The third kappa shape index (κ3) is 4.87. The van der Waals surface area contributed by atoms with Gasteiger partial charge in [-0.05, 0) is 17.7 Å². The van der Waals surface area contributed by atoms with E-state index in [2.05, 4.69) is 9.47 Å². The third-order valence-electron chi connectivity index (χ3n) is 2.88. The predicted molar refractivity (Wildman–Crippen MR) is 77.5 cm³/mol. The number of ether oxygens (including phenoxy) is 2. The van der Waals surface area contributed by atoms with Gasteiger partial charge in [-0.2, -0.15) is 0 Å². The molecule has 1 rings (SSSR count). The fraction of sp³-hybridized carbons (Fsp3) is 0.312. The molecule has 0 aliphatic carbocycles. The van der Waals surface area contributed by atoms with E-state index in [-0.39, 0.29) is 11.7 Å². The van der Waals surface area contributed by atoms with E-state index in [4.69, 9.17) is 0 Å². The van der Waals surface area contributed by atoms with Crippen molar-refractivity contribution in [2.24, 2.45) is 11.8 Å². The molecule has 112 valence electrons. The minimum absolute atomic E-state index is 0.195. The molecule has 0 aliphatic heterocycles. The molecule has 0 amide bonds. The topological polar surface area (TPSA) is 69.7 Å². The standard InChI is InChI=1S/C16H18O5/c1-11(2)15(18)14(16(19)20-3)9-6-12-4-7-13(8-5-12)21-10-17/h4-11,14H,1-3H3. The molecule has 0 aliphatic rings. The van der Waals surface area contributed by atoms with Crippen LogP contribution in [0.3, 0.4) is 0 Å². The van der Waals surface area contributed by atoms with Gasteiger partial charge in [0.15, 0.2) is 5.78 Å². The van der Waals surface area contributed by atoms with Gasteiger partial charge in [-0.3, -0.25) is 14.4 Å². The summed E-state index contributed by atoms with van der Waals surface area (Å²) in [6.45, 7) is 3.81. The first kappa shape index (κ1) is 16.6. The lowest BCUT2D eigenvalue weighted by Gasteiger charge is -2.11. The summed E-state index contributed by atoms with van der Waals surface area (Å²) in [6, 6.07) is 6.66. The maximum atomic E-state index is 12.0. The lowest BCUT2D eigenvalue weighted by Crippen LogP contribution is -2.26. The molecule has 1 unspecified atom stereocenters. The van der Waals surface area contributed by atoms with Crippen LogP contribution in [-0.2, 0) is 19.1 Å². The smallest absolute Gasteiger partial charge is 0.320 e. The molecule has 5 heteroatoms. The second-order valence-corrected chi connectivity index (χ2v) is 4.70. The highest BCUT2D eigenvalue weighted by molar-refractivity contribution is 6.02. The molecule has 0 bridgehead atoms. The van der Waals surface area contributed by atoms with Crippen LogP contribution >= 0.6 is 0 Å². The number of esters is 1. The van der Waals surface area contributed by atoms with Crippen LogP contribution in [0.5, 0.6) is 5.75 Å². The van der Waals surface area contributed by atoms with Crippen molar-refractivity contribution in [2.75, 3.05) is 7.11 Å². The van der Waals surface area contributed by atoms with Crippen LogP contribution < -0.4 is 4.74 Å². The van der Waals surface area contributed by atoms with E-state index in [1.807, 2.05) is 0 Å². The zero-order valence-corrected chi connectivity index (χ0v) is 12.2. The first-order valence-corrected chi connectivity index (χ1v) is 6.49. The number of carbonyl (C=O) groups is 3. The van der Waals surface area contributed by atoms with Crippen LogP contribution in [0.2, 0.25) is 0 Å². The molecule has 0 N–H and O–H groups in total. The first-order valence-electron chi connectivity index (χ1n) is 6.49. The third-order valence-corrected chi connectivity index (χ3v) is 2.88. The predicted octanol–water partition coefficient (Wildman–Crippen LogP) is 2.25. The molecule has 5 nitrogen and oxygen atoms in total. The second-order valence-electron chi connectivity index (χ2n) is 4.70. The number of carbonyl (C=O) groups excluding carboxylic acids is 3. The van der Waals surface area contributed by atoms with Crippen LogP contribution in [0, 0.1) is 11.8 Å². The summed E-state index contributed by atoms with van der Waals surface area (Å²) >= 11 is 0. The van der Waals surface area contributed by atoms with E-state index >= 15 is 0 Å². The van der Waals surface area contributed by atoms with Gasteiger partial charge in [-0.1, -0.05) is 38.1 Å². The quantitative estimate of drug-likeness (QED) is 0.437. The number of hydrogen-bond acceptors (Lipinski definition) is 5. The van der Waals surface area contributed by atoms with Crippen LogP contribution in [-0.4, -0.2) is 25.3 Å². The highest BCUT2D eigenvalue weighted by atomic mass is 16.5. The Hall–Kier alpha value is -2.43. The maximum absolute atomic E-state index is 12.0. The number of Topliss-reactive ketones (excluding diaryl/α,β-unsaturated/α-hetero) is 1. The van der Waals surface area contributed by atoms with Gasteiger partial charge in [0, 0.05) is 5.92 Å². The summed E-state index contributed by atoms with van der Waals surface area (Å²) in [5, 5.41) is 0. The number of ketones is 1. The van der Waals surface area contributed by atoms with Gasteiger partial charge in [-0.25, -0.2) is 0 Å². The Bertz CT molecular complexity index is 528. The molecule has 0 fully saturated rings. The number of rotatable bonds is 7. The van der Waals surface area contributed by atoms with Crippen LogP contribution in [0.25, 0.3) is 6.08 Å². The zero-order chi connectivity index (χ0) is 15.8. The van der Waals surface area contributed by atoms with Gasteiger partial charge < -0.3 is 9.47 Å². The largest absolute Gasteiger partial charge is 0.468 e. The zero-order valence-electron chi connectivity index (χ0n) is 12.2. The Labute approximate surface area is 123 Å². The summed E-state index contributed by atoms with van der Waals surface area (Å²) in [5.74, 6) is -1.53. The fourth-order valence-electron chi connectivity index (χ4n) is 1.70. The van der Waals surface area contributed by atoms with E-state index in [9.17, 15) is 14.4 Å². The number of hydrogen-bond donors (Lipinski definition) is 0. The second kappa shape index (κ2) is 7.99. The highest BCUT2D eigenvalue weighted by Gasteiger charge is 2.26. The molecule has 1 aromatic rings. The molecule has 0 radical (unpaired) electrons. The minimum atomic E-state index is -0.916. The van der Waals surface area contributed by atoms with Crippen molar-refractivity contribution in [1.29, 1.82) is 0 Å². The molecule has 0 saturated carbocycles. The Morgan fingerprint density at radius 1 is 1.14 bits per heavy atom. The van der Waals surface area contributed by atoms with Crippen LogP contribution in [0.15, 0.2) is 30.3 Å². The Balaban J connectivity index is 2.89. The Morgan fingerprint density at radius 2 is 1.76 bits per heavy atom. The van der Waals surface area contributed by atoms with Crippen molar-refractivity contribution < 1.29 is 23.9 Å². The Morgan fingerprint density at radius 3 is 2.24 bits per heavy atom. The number of methoxy groups -OCH3 is 1. The molecule has 0 heterocycles. The van der Waals surface area contributed by atoms with Gasteiger partial charge in [0.25, 0.3) is 6.47 Å². The summed E-state index contributed by atoms with van der Waals surface area (Å²) in [5.41, 5.74) is 0.777. The molecule has 0 saturated heterocycles. The van der Waals surface area contributed by atoms with E-state index < -0.39 is 11.9 Å². The normalized spacial score (nSPS) is 12.2. The Kier molecular flexibility index (Phi) is 6.33. The monoisotopic (exact) mass is 290 g/mol. The lowest BCUT2D eigenvalue weighted by molar-refractivity contribution is -0.148. The average Bonchev–Trinajstić information content (AvgIpc) is 2.48. The lowest BCUT2D eigenvalue weighted by atomic mass is 9.94. The molecule has 0 spiro atoms. The summed E-state index contributed by atoms with van der Waals surface area (Å²) in [6.07, 6.45) is 3.18. The van der Waals surface area contributed by atoms with Crippen molar-refractivity contribution >= 4 is 24.3 Å². The molecule has 1 aromatic carbocycles. The summed E-state index contributed by atoms with van der Waals surface area (Å²) < 4.78 is 9.33. The summed E-state index contributed by atoms with van der Waals surface area (Å²) in [4.78, 5) is 33.9. The van der Waals surface area contributed by atoms with Crippen molar-refractivity contribution in [3.63, 3.8) is 0 Å². The molecular formula is C16H18O5.